The highest BCUT2D eigenvalue weighted by Gasteiger charge is 2.41. The highest BCUT2D eigenvalue weighted by atomic mass is 16.3. The van der Waals surface area contributed by atoms with E-state index in [0.29, 0.717) is 24.2 Å². The van der Waals surface area contributed by atoms with Gasteiger partial charge in [0, 0.05) is 18.4 Å². The van der Waals surface area contributed by atoms with Gasteiger partial charge in [0.15, 0.2) is 6.04 Å². The van der Waals surface area contributed by atoms with Crippen LogP contribution in [-0.2, 0) is 12.8 Å². The van der Waals surface area contributed by atoms with Crippen LogP contribution in [0.2, 0.25) is 0 Å². The van der Waals surface area contributed by atoms with Gasteiger partial charge in [-0.3, -0.25) is 5.32 Å². The van der Waals surface area contributed by atoms with Crippen molar-refractivity contribution in [3.8, 4) is 11.3 Å². The molecule has 1 N–H and O–H groups in total. The molecule has 6 nitrogen and oxygen atoms in total. The monoisotopic (exact) mass is 421 g/mol. The molecule has 0 amide bonds. The maximum atomic E-state index is 13.3. The van der Waals surface area contributed by atoms with E-state index in [9.17, 15) is 9.70 Å². The molecule has 1 unspecified atom stereocenters. The summed E-state index contributed by atoms with van der Waals surface area (Å²) in [4.78, 5) is 29.0. The van der Waals surface area contributed by atoms with Crippen LogP contribution in [0.4, 0.5) is 11.5 Å². The number of carbonyl (C=O) groups is 1. The molecule has 0 bridgehead atoms. The van der Waals surface area contributed by atoms with Gasteiger partial charge in [-0.1, -0.05) is 72.8 Å². The first-order valence-corrected chi connectivity index (χ1v) is 10.5. The van der Waals surface area contributed by atoms with E-state index in [1.54, 1.807) is 35.0 Å². The molecular formula is C26H21N4O2+. The van der Waals surface area contributed by atoms with Crippen LogP contribution < -0.4 is 9.88 Å². The molecule has 4 aromatic rings. The molecule has 0 spiro atoms. The maximum Gasteiger partial charge on any atom is 0.359 e. The molecule has 2 heterocycles. The second kappa shape index (κ2) is 8.51. The molecule has 0 fully saturated rings. The maximum absolute atomic E-state index is 13.3. The number of aromatic nitrogens is 2. The largest absolute Gasteiger partial charge is 0.359 e. The van der Waals surface area contributed by atoms with E-state index < -0.39 is 0 Å². The first-order chi connectivity index (χ1) is 15.7. The topological polar surface area (TPSA) is 75.3 Å². The van der Waals surface area contributed by atoms with Crippen molar-refractivity contribution in [2.45, 2.75) is 18.9 Å². The molecule has 1 aliphatic rings. The molecule has 6 heteroatoms. The molecule has 0 saturated heterocycles. The Morgan fingerprint density at radius 1 is 0.875 bits per heavy atom. The van der Waals surface area contributed by atoms with Crippen LogP contribution in [0.3, 0.4) is 0 Å². The molecule has 3 aromatic carbocycles. The van der Waals surface area contributed by atoms with Crippen LogP contribution in [-0.4, -0.2) is 16.9 Å². The van der Waals surface area contributed by atoms with Crippen molar-refractivity contribution in [3.63, 3.8) is 0 Å². The number of rotatable bonds is 6. The number of nitrogens with zero attached hydrogens (tertiary/aromatic N) is 3. The Hall–Kier alpha value is -4.19. The second-order valence-corrected chi connectivity index (χ2v) is 7.82. The van der Waals surface area contributed by atoms with E-state index in [1.165, 1.54) is 0 Å². The van der Waals surface area contributed by atoms with Gasteiger partial charge in [-0.15, -0.1) is 4.91 Å². The zero-order chi connectivity index (χ0) is 21.9. The van der Waals surface area contributed by atoms with Crippen molar-refractivity contribution in [1.82, 2.24) is 4.98 Å². The van der Waals surface area contributed by atoms with Crippen LogP contribution in [0.15, 0.2) is 96.3 Å². The van der Waals surface area contributed by atoms with Crippen molar-refractivity contribution in [2.24, 2.45) is 5.18 Å². The molecule has 0 aliphatic carbocycles. The Kier molecular flexibility index (Phi) is 5.25. The van der Waals surface area contributed by atoms with Crippen LogP contribution in [0, 0.1) is 4.91 Å². The highest BCUT2D eigenvalue weighted by Crippen LogP contribution is 2.26. The summed E-state index contributed by atoms with van der Waals surface area (Å²) in [6.07, 6.45) is 2.96. The molecule has 0 saturated carbocycles. The third-order valence-electron chi connectivity index (χ3n) is 5.63. The van der Waals surface area contributed by atoms with E-state index in [2.05, 4.69) is 10.5 Å². The number of hydrogen-bond donors (Lipinski definition) is 1. The third-order valence-corrected chi connectivity index (χ3v) is 5.63. The summed E-state index contributed by atoms with van der Waals surface area (Å²) >= 11 is 0. The van der Waals surface area contributed by atoms with E-state index >= 15 is 0 Å². The van der Waals surface area contributed by atoms with Gasteiger partial charge in [-0.2, -0.15) is 4.57 Å². The lowest BCUT2D eigenvalue weighted by atomic mass is 10.1. The van der Waals surface area contributed by atoms with Crippen LogP contribution in [0.25, 0.3) is 11.3 Å². The Balaban J connectivity index is 1.55. The van der Waals surface area contributed by atoms with Crippen LogP contribution in [0.1, 0.15) is 21.6 Å². The molecule has 1 aliphatic heterocycles. The van der Waals surface area contributed by atoms with Crippen molar-refractivity contribution in [3.05, 3.63) is 113 Å². The minimum atomic E-state index is -0.356. The number of fused-ring (bicyclic) bond motifs is 1. The molecule has 1 aromatic heterocycles. The molecule has 156 valence electrons. The molecule has 1 atom stereocenters. The quantitative estimate of drug-likeness (QED) is 0.362. The zero-order valence-electron chi connectivity index (χ0n) is 17.3. The fourth-order valence-electron chi connectivity index (χ4n) is 4.01. The van der Waals surface area contributed by atoms with E-state index in [0.717, 1.165) is 28.2 Å². The predicted molar refractivity (Wildman–Crippen MR) is 123 cm³/mol. The summed E-state index contributed by atoms with van der Waals surface area (Å²) in [6, 6.07) is 26.6. The Morgan fingerprint density at radius 2 is 1.53 bits per heavy atom. The van der Waals surface area contributed by atoms with Gasteiger partial charge in [0.2, 0.25) is 0 Å². The number of nitroso groups, excluding NO2 is 1. The smallest absolute Gasteiger partial charge is 0.258 e. The molecule has 32 heavy (non-hydrogen) atoms. The van der Waals surface area contributed by atoms with E-state index in [-0.39, 0.29) is 11.9 Å². The minimum absolute atomic E-state index is 0.00649. The summed E-state index contributed by atoms with van der Waals surface area (Å²) in [5, 5.41) is 6.37. The predicted octanol–water partition coefficient (Wildman–Crippen LogP) is 4.70. The van der Waals surface area contributed by atoms with E-state index in [4.69, 9.17) is 4.98 Å². The molecule has 5 rings (SSSR count). The number of anilines is 1. The summed E-state index contributed by atoms with van der Waals surface area (Å²) in [5.74, 6) is 0.725. The Bertz CT molecular complexity index is 1270. The summed E-state index contributed by atoms with van der Waals surface area (Å²) in [6.45, 7) is 0. The number of benzene rings is 3. The Labute approximate surface area is 185 Å². The summed E-state index contributed by atoms with van der Waals surface area (Å²) in [5.41, 5.74) is 4.86. The van der Waals surface area contributed by atoms with Crippen LogP contribution in [0.5, 0.6) is 0 Å². The molecule has 0 radical (unpaired) electrons. The van der Waals surface area contributed by atoms with Crippen molar-refractivity contribution in [2.75, 3.05) is 5.32 Å². The SMILES string of the molecule is O=Nc1ccc(-c2c[n+]3c(c(Cc4ccccc4)n2)NC(Cc2ccccc2)C3=O)cc1. The van der Waals surface area contributed by atoms with Gasteiger partial charge in [0.1, 0.15) is 23.3 Å². The number of nitrogens with one attached hydrogen (secondary N) is 1. The Morgan fingerprint density at radius 3 is 2.19 bits per heavy atom. The van der Waals surface area contributed by atoms with Gasteiger partial charge in [-0.25, -0.2) is 9.78 Å². The lowest BCUT2D eigenvalue weighted by Crippen LogP contribution is -2.44. The fourth-order valence-corrected chi connectivity index (χ4v) is 4.01. The first kappa shape index (κ1) is 19.8. The van der Waals surface area contributed by atoms with Gasteiger partial charge in [0.25, 0.3) is 0 Å². The highest BCUT2D eigenvalue weighted by molar-refractivity contribution is 5.82. The average Bonchev–Trinajstić information content (AvgIpc) is 3.16. The third kappa shape index (κ3) is 3.90. The van der Waals surface area contributed by atoms with Crippen molar-refractivity contribution < 1.29 is 9.36 Å². The lowest BCUT2D eigenvalue weighted by Gasteiger charge is -2.07. The summed E-state index contributed by atoms with van der Waals surface area (Å²) in [7, 11) is 0. The number of hydrogen-bond acceptors (Lipinski definition) is 5. The standard InChI is InChI=1S/C26H20N4O2/c31-26-23(16-19-9-5-2-6-10-19)28-25-22(15-18-7-3-1-4-8-18)27-24(17-30(25)26)20-11-13-21(29-32)14-12-20/h1-14,17,23H,15-16H2/p+1. The van der Waals surface area contributed by atoms with Gasteiger partial charge < -0.3 is 0 Å². The van der Waals surface area contributed by atoms with Crippen molar-refractivity contribution >= 4 is 17.4 Å². The first-order valence-electron chi connectivity index (χ1n) is 10.5. The minimum Gasteiger partial charge on any atom is -0.258 e. The average molecular weight is 421 g/mol. The lowest BCUT2D eigenvalue weighted by molar-refractivity contribution is -0.552. The number of carbonyl (C=O) groups excluding carboxylic acids is 1. The molecular weight excluding hydrogens is 400 g/mol. The van der Waals surface area contributed by atoms with Gasteiger partial charge >= 0.3 is 11.7 Å². The zero-order valence-corrected chi connectivity index (χ0v) is 17.3. The van der Waals surface area contributed by atoms with Crippen LogP contribution >= 0.6 is 0 Å². The van der Waals surface area contributed by atoms with Gasteiger partial charge in [-0.05, 0) is 28.4 Å². The van der Waals surface area contributed by atoms with E-state index in [1.807, 2.05) is 60.7 Å². The van der Waals surface area contributed by atoms with Gasteiger partial charge in [0.05, 0.1) is 0 Å². The summed E-state index contributed by atoms with van der Waals surface area (Å²) < 4.78 is 1.68. The van der Waals surface area contributed by atoms with Crippen molar-refractivity contribution in [1.29, 1.82) is 0 Å². The normalized spacial score (nSPS) is 14.6. The fraction of sp³-hybridized carbons (Fsp3) is 0.115. The second-order valence-electron chi connectivity index (χ2n) is 7.82.